The molecule has 0 atom stereocenters. The van der Waals surface area contributed by atoms with Crippen molar-refractivity contribution in [3.8, 4) is 5.75 Å². The van der Waals surface area contributed by atoms with Gasteiger partial charge in [-0.25, -0.2) is 0 Å². The lowest BCUT2D eigenvalue weighted by Crippen LogP contribution is -2.09. The second kappa shape index (κ2) is 7.55. The van der Waals surface area contributed by atoms with E-state index in [0.29, 0.717) is 14.6 Å². The summed E-state index contributed by atoms with van der Waals surface area (Å²) in [7, 11) is 0. The number of aromatic hydroxyl groups is 1. The highest BCUT2D eigenvalue weighted by Gasteiger charge is 2.38. The van der Waals surface area contributed by atoms with E-state index in [1.165, 1.54) is 56.1 Å². The highest BCUT2D eigenvalue weighted by molar-refractivity contribution is 14.1. The standard InChI is InChI=1S/C20H31IO/c1-4-19(2,3)9-5-7-16-13-17(15-18(22)14-16)8-6-10-20(21)11-12-20/h13-15,22H,4-12H2,1-3H3. The molecule has 1 aliphatic carbocycles. The zero-order chi connectivity index (χ0) is 16.2. The van der Waals surface area contributed by atoms with E-state index < -0.39 is 0 Å². The molecular weight excluding hydrogens is 383 g/mol. The summed E-state index contributed by atoms with van der Waals surface area (Å²) < 4.78 is 0.614. The highest BCUT2D eigenvalue weighted by Crippen LogP contribution is 2.48. The van der Waals surface area contributed by atoms with Crippen molar-refractivity contribution in [3.63, 3.8) is 0 Å². The van der Waals surface area contributed by atoms with E-state index in [-0.39, 0.29) is 0 Å². The van der Waals surface area contributed by atoms with Crippen molar-refractivity contribution < 1.29 is 5.11 Å². The third-order valence-corrected chi connectivity index (χ3v) is 6.81. The van der Waals surface area contributed by atoms with Gasteiger partial charge in [-0.1, -0.05) is 55.8 Å². The molecule has 2 heteroatoms. The van der Waals surface area contributed by atoms with Crippen LogP contribution in [0, 0.1) is 5.41 Å². The van der Waals surface area contributed by atoms with Crippen LogP contribution in [0.4, 0.5) is 0 Å². The molecule has 0 saturated heterocycles. The van der Waals surface area contributed by atoms with Crippen molar-refractivity contribution in [1.82, 2.24) is 0 Å². The Morgan fingerprint density at radius 1 is 1.09 bits per heavy atom. The summed E-state index contributed by atoms with van der Waals surface area (Å²) in [6, 6.07) is 6.21. The molecule has 1 aromatic rings. The molecule has 0 aromatic heterocycles. The maximum absolute atomic E-state index is 9.97. The Bertz CT molecular complexity index is 488. The number of halogens is 1. The molecule has 0 spiro atoms. The van der Waals surface area contributed by atoms with Gasteiger partial charge in [0.05, 0.1) is 0 Å². The Morgan fingerprint density at radius 2 is 1.68 bits per heavy atom. The predicted molar refractivity (Wildman–Crippen MR) is 104 cm³/mol. The van der Waals surface area contributed by atoms with Gasteiger partial charge >= 0.3 is 0 Å². The van der Waals surface area contributed by atoms with E-state index in [9.17, 15) is 5.11 Å². The number of benzene rings is 1. The molecule has 22 heavy (non-hydrogen) atoms. The molecule has 0 radical (unpaired) electrons. The maximum atomic E-state index is 9.97. The van der Waals surface area contributed by atoms with Crippen molar-refractivity contribution in [2.75, 3.05) is 0 Å². The predicted octanol–water partition coefficient (Wildman–Crippen LogP) is 6.44. The number of hydrogen-bond acceptors (Lipinski definition) is 1. The van der Waals surface area contributed by atoms with Crippen molar-refractivity contribution in [3.05, 3.63) is 29.3 Å². The average molecular weight is 414 g/mol. The third-order valence-electron chi connectivity index (χ3n) is 5.20. The Labute approximate surface area is 150 Å². The highest BCUT2D eigenvalue weighted by atomic mass is 127. The molecule has 1 aliphatic rings. The SMILES string of the molecule is CCC(C)(C)CCCc1cc(O)cc(CCCC2(I)CC2)c1. The number of alkyl halides is 1. The summed E-state index contributed by atoms with van der Waals surface area (Å²) in [6.45, 7) is 6.96. The van der Waals surface area contributed by atoms with Crippen molar-refractivity contribution in [1.29, 1.82) is 0 Å². The smallest absolute Gasteiger partial charge is 0.116 e. The van der Waals surface area contributed by atoms with Crippen LogP contribution >= 0.6 is 22.6 Å². The van der Waals surface area contributed by atoms with E-state index in [2.05, 4.69) is 49.4 Å². The van der Waals surface area contributed by atoms with Gasteiger partial charge in [0.15, 0.2) is 0 Å². The van der Waals surface area contributed by atoms with Crippen LogP contribution in [0.25, 0.3) is 0 Å². The molecule has 1 nitrogen and oxygen atoms in total. The fraction of sp³-hybridized carbons (Fsp3) is 0.700. The van der Waals surface area contributed by atoms with E-state index >= 15 is 0 Å². The van der Waals surface area contributed by atoms with Gasteiger partial charge in [0, 0.05) is 3.42 Å². The first-order chi connectivity index (χ1) is 10.3. The lowest BCUT2D eigenvalue weighted by Gasteiger charge is -2.22. The molecule has 1 aromatic carbocycles. The van der Waals surface area contributed by atoms with Crippen molar-refractivity contribution >= 4 is 22.6 Å². The molecule has 0 bridgehead atoms. The van der Waals surface area contributed by atoms with E-state index in [0.717, 1.165) is 12.8 Å². The number of phenols is 1. The van der Waals surface area contributed by atoms with Gasteiger partial charge < -0.3 is 5.11 Å². The molecular formula is C20H31IO. The summed E-state index contributed by atoms with van der Waals surface area (Å²) in [6.07, 6.45) is 11.2. The molecule has 0 unspecified atom stereocenters. The normalized spacial score (nSPS) is 16.7. The minimum Gasteiger partial charge on any atom is -0.508 e. The number of rotatable bonds is 9. The number of aryl methyl sites for hydroxylation is 2. The van der Waals surface area contributed by atoms with Crippen LogP contribution in [0.15, 0.2) is 18.2 Å². The van der Waals surface area contributed by atoms with Gasteiger partial charge in [0.1, 0.15) is 5.75 Å². The first-order valence-corrected chi connectivity index (χ1v) is 9.91. The monoisotopic (exact) mass is 414 g/mol. The van der Waals surface area contributed by atoms with Gasteiger partial charge in [-0.05, 0) is 80.0 Å². The Morgan fingerprint density at radius 3 is 2.23 bits per heavy atom. The molecule has 2 rings (SSSR count). The zero-order valence-electron chi connectivity index (χ0n) is 14.4. The molecule has 1 N–H and O–H groups in total. The number of phenolic OH excluding ortho intramolecular Hbond substituents is 1. The summed E-state index contributed by atoms with van der Waals surface area (Å²) in [5, 5.41) is 9.97. The van der Waals surface area contributed by atoms with Gasteiger partial charge in [-0.15, -0.1) is 0 Å². The zero-order valence-corrected chi connectivity index (χ0v) is 16.6. The van der Waals surface area contributed by atoms with Crippen molar-refractivity contribution in [2.24, 2.45) is 5.41 Å². The first kappa shape index (κ1) is 18.1. The quantitative estimate of drug-likeness (QED) is 0.364. The molecule has 0 amide bonds. The van der Waals surface area contributed by atoms with Gasteiger partial charge in [0.25, 0.3) is 0 Å². The lowest BCUT2D eigenvalue weighted by molar-refractivity contribution is 0.313. The summed E-state index contributed by atoms with van der Waals surface area (Å²) in [5.74, 6) is 0.442. The van der Waals surface area contributed by atoms with Crippen LogP contribution < -0.4 is 0 Å². The summed E-state index contributed by atoms with van der Waals surface area (Å²) >= 11 is 2.62. The fourth-order valence-corrected chi connectivity index (χ4v) is 3.63. The van der Waals surface area contributed by atoms with Crippen LogP contribution in [0.3, 0.4) is 0 Å². The van der Waals surface area contributed by atoms with Crippen LogP contribution in [0.1, 0.15) is 76.8 Å². The van der Waals surface area contributed by atoms with E-state index in [1.807, 2.05) is 12.1 Å². The van der Waals surface area contributed by atoms with Crippen LogP contribution in [-0.2, 0) is 12.8 Å². The molecule has 0 aliphatic heterocycles. The molecule has 1 saturated carbocycles. The first-order valence-electron chi connectivity index (χ1n) is 8.83. The van der Waals surface area contributed by atoms with Crippen molar-refractivity contribution in [2.45, 2.75) is 82.0 Å². The summed E-state index contributed by atoms with van der Waals surface area (Å²) in [4.78, 5) is 0. The van der Waals surface area contributed by atoms with E-state index in [4.69, 9.17) is 0 Å². The van der Waals surface area contributed by atoms with Crippen LogP contribution in [0.2, 0.25) is 0 Å². The number of hydrogen-bond donors (Lipinski definition) is 1. The summed E-state index contributed by atoms with van der Waals surface area (Å²) in [5.41, 5.74) is 3.06. The second-order valence-corrected chi connectivity index (χ2v) is 10.2. The molecule has 1 fully saturated rings. The molecule has 124 valence electrons. The fourth-order valence-electron chi connectivity index (χ4n) is 2.97. The molecule has 0 heterocycles. The van der Waals surface area contributed by atoms with Crippen LogP contribution in [0.5, 0.6) is 5.75 Å². The second-order valence-electron chi connectivity index (χ2n) is 7.88. The third kappa shape index (κ3) is 6.10. The van der Waals surface area contributed by atoms with Gasteiger partial charge in [-0.3, -0.25) is 0 Å². The lowest BCUT2D eigenvalue weighted by atomic mass is 9.84. The Balaban J connectivity index is 1.83. The maximum Gasteiger partial charge on any atom is 0.116 e. The Hall–Kier alpha value is -0.250. The minimum absolute atomic E-state index is 0.442. The Kier molecular flexibility index (Phi) is 6.21. The van der Waals surface area contributed by atoms with E-state index in [1.54, 1.807) is 0 Å². The van der Waals surface area contributed by atoms with Crippen LogP contribution in [-0.4, -0.2) is 8.53 Å². The van der Waals surface area contributed by atoms with Gasteiger partial charge in [0.2, 0.25) is 0 Å². The van der Waals surface area contributed by atoms with Gasteiger partial charge in [-0.2, -0.15) is 0 Å². The average Bonchev–Trinajstić information content (AvgIpc) is 3.16. The largest absolute Gasteiger partial charge is 0.508 e. The minimum atomic E-state index is 0.442. The topological polar surface area (TPSA) is 20.2 Å².